The van der Waals surface area contributed by atoms with Crippen molar-refractivity contribution in [1.29, 1.82) is 0 Å². The zero-order valence-electron chi connectivity index (χ0n) is 13.3. The Hall–Kier alpha value is -2.64. The number of alkyl halides is 3. The van der Waals surface area contributed by atoms with Crippen LogP contribution in [-0.4, -0.2) is 29.0 Å². The summed E-state index contributed by atoms with van der Waals surface area (Å²) in [5, 5.41) is 2.41. The van der Waals surface area contributed by atoms with E-state index in [-0.39, 0.29) is 11.3 Å². The average molecular weight is 338 g/mol. The Bertz CT molecular complexity index is 697. The number of hydrogen-bond acceptors (Lipinski definition) is 4. The van der Waals surface area contributed by atoms with E-state index in [1.54, 1.807) is 0 Å². The average Bonchev–Trinajstić information content (AvgIpc) is 2.56. The first-order chi connectivity index (χ1) is 11.3. The lowest BCUT2D eigenvalue weighted by molar-refractivity contribution is -0.137. The molecule has 8 heteroatoms. The summed E-state index contributed by atoms with van der Waals surface area (Å²) >= 11 is 0. The number of anilines is 2. The summed E-state index contributed by atoms with van der Waals surface area (Å²) in [7, 11) is 0. The Labute approximate surface area is 137 Å². The lowest BCUT2D eigenvalue weighted by atomic mass is 10.2. The van der Waals surface area contributed by atoms with E-state index < -0.39 is 17.6 Å². The number of carbonyl (C=O) groups excluding carboxylic acids is 1. The van der Waals surface area contributed by atoms with E-state index >= 15 is 0 Å². The molecule has 0 radical (unpaired) electrons. The molecule has 0 unspecified atom stereocenters. The van der Waals surface area contributed by atoms with Crippen LogP contribution in [0.5, 0.6) is 0 Å². The van der Waals surface area contributed by atoms with Gasteiger partial charge >= 0.3 is 6.18 Å². The fourth-order valence-corrected chi connectivity index (χ4v) is 2.08. The molecule has 1 heterocycles. The third-order valence-corrected chi connectivity index (χ3v) is 3.39. The van der Waals surface area contributed by atoms with Gasteiger partial charge in [-0.2, -0.15) is 13.2 Å². The molecule has 0 bridgehead atoms. The van der Waals surface area contributed by atoms with E-state index in [0.29, 0.717) is 5.95 Å². The zero-order valence-corrected chi connectivity index (χ0v) is 13.3. The summed E-state index contributed by atoms with van der Waals surface area (Å²) in [4.78, 5) is 22.2. The molecular weight excluding hydrogens is 321 g/mol. The third-order valence-electron chi connectivity index (χ3n) is 3.39. The van der Waals surface area contributed by atoms with Gasteiger partial charge in [0.25, 0.3) is 5.91 Å². The van der Waals surface area contributed by atoms with Gasteiger partial charge in [0.1, 0.15) is 0 Å². The van der Waals surface area contributed by atoms with Gasteiger partial charge in [-0.05, 0) is 32.0 Å². The van der Waals surface area contributed by atoms with Gasteiger partial charge in [0.15, 0.2) is 0 Å². The molecule has 0 fully saturated rings. The topological polar surface area (TPSA) is 58.1 Å². The van der Waals surface area contributed by atoms with Crippen LogP contribution in [0.2, 0.25) is 0 Å². The smallest absolute Gasteiger partial charge is 0.341 e. The molecule has 0 aliphatic heterocycles. The van der Waals surface area contributed by atoms with Crippen molar-refractivity contribution in [3.05, 3.63) is 47.8 Å². The minimum absolute atomic E-state index is 0.0580. The first-order valence-corrected chi connectivity index (χ1v) is 7.40. The number of hydrogen-bond donors (Lipinski definition) is 1. The molecule has 1 aromatic carbocycles. The van der Waals surface area contributed by atoms with Crippen LogP contribution in [-0.2, 0) is 6.18 Å². The van der Waals surface area contributed by atoms with Gasteiger partial charge in [-0.25, -0.2) is 9.97 Å². The molecule has 1 N–H and O–H groups in total. The molecule has 0 saturated heterocycles. The number of nitrogens with zero attached hydrogens (tertiary/aromatic N) is 3. The summed E-state index contributed by atoms with van der Waals surface area (Å²) in [6.45, 7) is 5.38. The van der Waals surface area contributed by atoms with Crippen LogP contribution in [0.3, 0.4) is 0 Å². The van der Waals surface area contributed by atoms with E-state index in [1.165, 1.54) is 24.5 Å². The summed E-state index contributed by atoms with van der Waals surface area (Å²) in [6, 6.07) is 4.44. The van der Waals surface area contributed by atoms with Crippen LogP contribution in [0.15, 0.2) is 36.7 Å². The lowest BCUT2D eigenvalue weighted by Crippen LogP contribution is -2.24. The van der Waals surface area contributed by atoms with Crippen LogP contribution in [0.1, 0.15) is 29.8 Å². The van der Waals surface area contributed by atoms with Crippen LogP contribution in [0, 0.1) is 0 Å². The molecule has 128 valence electrons. The minimum atomic E-state index is -4.46. The summed E-state index contributed by atoms with van der Waals surface area (Å²) in [5.41, 5.74) is -0.598. The highest BCUT2D eigenvalue weighted by molar-refractivity contribution is 6.03. The van der Waals surface area contributed by atoms with Gasteiger partial charge in [0.05, 0.1) is 11.1 Å². The predicted octanol–water partition coefficient (Wildman–Crippen LogP) is 3.59. The van der Waals surface area contributed by atoms with Crippen molar-refractivity contribution in [2.75, 3.05) is 23.3 Å². The number of amides is 1. The van der Waals surface area contributed by atoms with E-state index in [0.717, 1.165) is 25.2 Å². The molecular formula is C16H17F3N4O. The zero-order chi connectivity index (χ0) is 17.7. The van der Waals surface area contributed by atoms with Crippen molar-refractivity contribution < 1.29 is 18.0 Å². The fraction of sp³-hybridized carbons (Fsp3) is 0.312. The quantitative estimate of drug-likeness (QED) is 0.905. The predicted molar refractivity (Wildman–Crippen MR) is 85.0 cm³/mol. The Morgan fingerprint density at radius 2 is 1.79 bits per heavy atom. The molecule has 0 aliphatic rings. The summed E-state index contributed by atoms with van der Waals surface area (Å²) < 4.78 is 38.0. The lowest BCUT2D eigenvalue weighted by Gasteiger charge is -2.18. The highest BCUT2D eigenvalue weighted by atomic mass is 19.4. The third kappa shape index (κ3) is 4.21. The number of halogens is 3. The second-order valence-electron chi connectivity index (χ2n) is 4.98. The molecule has 2 aromatic rings. The van der Waals surface area contributed by atoms with Crippen molar-refractivity contribution in [3.8, 4) is 0 Å². The largest absolute Gasteiger partial charge is 0.416 e. The SMILES string of the molecule is CCN(CC)c1ncc(C(=O)Nc2cccc(C(F)(F)F)c2)cn1. The summed E-state index contributed by atoms with van der Waals surface area (Å²) in [6.07, 6.45) is -1.76. The van der Waals surface area contributed by atoms with Crippen molar-refractivity contribution in [2.24, 2.45) is 0 Å². The van der Waals surface area contributed by atoms with E-state index in [1.807, 2.05) is 18.7 Å². The number of benzene rings is 1. The fourth-order valence-electron chi connectivity index (χ4n) is 2.08. The van der Waals surface area contributed by atoms with E-state index in [2.05, 4.69) is 15.3 Å². The normalized spacial score (nSPS) is 11.2. The van der Waals surface area contributed by atoms with Gasteiger partial charge in [-0.15, -0.1) is 0 Å². The van der Waals surface area contributed by atoms with Gasteiger partial charge in [0.2, 0.25) is 5.95 Å². The van der Waals surface area contributed by atoms with Crippen LogP contribution < -0.4 is 10.2 Å². The first-order valence-electron chi connectivity index (χ1n) is 7.40. The minimum Gasteiger partial charge on any atom is -0.341 e. The van der Waals surface area contributed by atoms with Gasteiger partial charge in [0, 0.05) is 31.2 Å². The number of rotatable bonds is 5. The standard InChI is InChI=1S/C16H17F3N4O/c1-3-23(4-2)15-20-9-11(10-21-15)14(24)22-13-7-5-6-12(8-13)16(17,18)19/h5-10H,3-4H2,1-2H3,(H,22,24). The van der Waals surface area contributed by atoms with Gasteiger partial charge in [-0.1, -0.05) is 6.07 Å². The molecule has 1 aromatic heterocycles. The maximum Gasteiger partial charge on any atom is 0.416 e. The summed E-state index contributed by atoms with van der Waals surface area (Å²) in [5.74, 6) is -0.0731. The van der Waals surface area contributed by atoms with Gasteiger partial charge < -0.3 is 10.2 Å². The molecule has 0 atom stereocenters. The van der Waals surface area contributed by atoms with Crippen LogP contribution in [0.25, 0.3) is 0 Å². The number of aromatic nitrogens is 2. The molecule has 5 nitrogen and oxygen atoms in total. The maximum atomic E-state index is 12.7. The van der Waals surface area contributed by atoms with Crippen molar-refractivity contribution in [1.82, 2.24) is 9.97 Å². The monoisotopic (exact) mass is 338 g/mol. The van der Waals surface area contributed by atoms with Crippen molar-refractivity contribution in [3.63, 3.8) is 0 Å². The molecule has 0 aliphatic carbocycles. The highest BCUT2D eigenvalue weighted by Crippen LogP contribution is 2.30. The number of carbonyl (C=O) groups is 1. The Morgan fingerprint density at radius 1 is 1.17 bits per heavy atom. The highest BCUT2D eigenvalue weighted by Gasteiger charge is 2.30. The van der Waals surface area contributed by atoms with Crippen LogP contribution >= 0.6 is 0 Å². The second-order valence-corrected chi connectivity index (χ2v) is 4.98. The number of nitrogens with one attached hydrogen (secondary N) is 1. The van der Waals surface area contributed by atoms with Crippen molar-refractivity contribution >= 4 is 17.5 Å². The molecule has 1 amide bonds. The molecule has 0 spiro atoms. The Morgan fingerprint density at radius 3 is 2.33 bits per heavy atom. The molecule has 24 heavy (non-hydrogen) atoms. The van der Waals surface area contributed by atoms with E-state index in [4.69, 9.17) is 0 Å². The Kier molecular flexibility index (Phi) is 5.38. The van der Waals surface area contributed by atoms with Crippen LogP contribution in [0.4, 0.5) is 24.8 Å². The van der Waals surface area contributed by atoms with Crippen molar-refractivity contribution in [2.45, 2.75) is 20.0 Å². The maximum absolute atomic E-state index is 12.7. The molecule has 0 saturated carbocycles. The second kappa shape index (κ2) is 7.29. The first kappa shape index (κ1) is 17.7. The Balaban J connectivity index is 2.13. The van der Waals surface area contributed by atoms with Gasteiger partial charge in [-0.3, -0.25) is 4.79 Å². The van der Waals surface area contributed by atoms with E-state index in [9.17, 15) is 18.0 Å². The molecule has 2 rings (SSSR count).